The maximum absolute atomic E-state index is 13.5. The SMILES string of the molecule is COc1cccc(C2/C(=C(\O)c3ccc(OCc4ccccc4)c(C)c3)C(=O)C(=O)N2Cc2cccc(C(F)(F)F)c2)c1. The Morgan fingerprint density at radius 2 is 1.60 bits per heavy atom. The molecule has 4 aromatic carbocycles. The van der Waals surface area contributed by atoms with Crippen LogP contribution < -0.4 is 9.47 Å². The number of aliphatic hydroxyl groups is 1. The minimum Gasteiger partial charge on any atom is -0.507 e. The number of ketones is 1. The topological polar surface area (TPSA) is 76.1 Å². The van der Waals surface area contributed by atoms with Crippen molar-refractivity contribution in [2.75, 3.05) is 7.11 Å². The van der Waals surface area contributed by atoms with Crippen LogP contribution in [-0.4, -0.2) is 28.8 Å². The zero-order valence-electron chi connectivity index (χ0n) is 23.4. The molecule has 43 heavy (non-hydrogen) atoms. The lowest BCUT2D eigenvalue weighted by molar-refractivity contribution is -0.140. The molecule has 0 bridgehead atoms. The van der Waals surface area contributed by atoms with Crippen LogP contribution in [0.2, 0.25) is 0 Å². The summed E-state index contributed by atoms with van der Waals surface area (Å²) in [5.41, 5.74) is 1.54. The number of carbonyl (C=O) groups is 2. The van der Waals surface area contributed by atoms with E-state index in [0.717, 1.165) is 17.7 Å². The Morgan fingerprint density at radius 1 is 0.884 bits per heavy atom. The van der Waals surface area contributed by atoms with Gasteiger partial charge in [-0.2, -0.15) is 13.2 Å². The molecule has 5 rings (SSSR count). The van der Waals surface area contributed by atoms with E-state index in [1.165, 1.54) is 24.1 Å². The second kappa shape index (κ2) is 12.1. The maximum Gasteiger partial charge on any atom is 0.416 e. The lowest BCUT2D eigenvalue weighted by Crippen LogP contribution is -2.29. The van der Waals surface area contributed by atoms with Crippen LogP contribution in [0.5, 0.6) is 11.5 Å². The molecule has 1 saturated heterocycles. The number of nitrogens with zero attached hydrogens (tertiary/aromatic N) is 1. The van der Waals surface area contributed by atoms with Crippen molar-refractivity contribution in [2.45, 2.75) is 32.3 Å². The van der Waals surface area contributed by atoms with E-state index >= 15 is 0 Å². The van der Waals surface area contributed by atoms with Crippen molar-refractivity contribution >= 4 is 17.4 Å². The molecule has 0 saturated carbocycles. The fourth-order valence-corrected chi connectivity index (χ4v) is 5.09. The third-order valence-corrected chi connectivity index (χ3v) is 7.24. The predicted molar refractivity (Wildman–Crippen MR) is 154 cm³/mol. The lowest BCUT2D eigenvalue weighted by atomic mass is 9.94. The lowest BCUT2D eigenvalue weighted by Gasteiger charge is -2.26. The van der Waals surface area contributed by atoms with Gasteiger partial charge in [0, 0.05) is 12.1 Å². The van der Waals surface area contributed by atoms with Gasteiger partial charge in [0.2, 0.25) is 0 Å². The number of hydrogen-bond acceptors (Lipinski definition) is 5. The van der Waals surface area contributed by atoms with Crippen molar-refractivity contribution < 1.29 is 37.3 Å². The molecule has 1 heterocycles. The molecule has 0 radical (unpaired) electrons. The molecule has 1 N–H and O–H groups in total. The summed E-state index contributed by atoms with van der Waals surface area (Å²) in [7, 11) is 1.46. The van der Waals surface area contributed by atoms with Gasteiger partial charge in [-0.15, -0.1) is 0 Å². The Kier molecular flexibility index (Phi) is 8.25. The zero-order chi connectivity index (χ0) is 30.7. The number of methoxy groups -OCH3 is 1. The van der Waals surface area contributed by atoms with Gasteiger partial charge in [-0.1, -0.05) is 54.6 Å². The Balaban J connectivity index is 1.54. The van der Waals surface area contributed by atoms with E-state index in [-0.39, 0.29) is 23.2 Å². The van der Waals surface area contributed by atoms with Crippen LogP contribution in [-0.2, 0) is 28.9 Å². The van der Waals surface area contributed by atoms with E-state index in [4.69, 9.17) is 9.47 Å². The number of ether oxygens (including phenoxy) is 2. The quantitative estimate of drug-likeness (QED) is 0.134. The Hall–Kier alpha value is -5.05. The molecule has 1 aliphatic heterocycles. The largest absolute Gasteiger partial charge is 0.507 e. The number of aryl methyl sites for hydroxylation is 1. The van der Waals surface area contributed by atoms with Gasteiger partial charge in [-0.25, -0.2) is 0 Å². The molecule has 0 spiro atoms. The number of benzene rings is 4. The van der Waals surface area contributed by atoms with Crippen molar-refractivity contribution in [1.82, 2.24) is 4.90 Å². The summed E-state index contributed by atoms with van der Waals surface area (Å²) in [6.07, 6.45) is -4.58. The summed E-state index contributed by atoms with van der Waals surface area (Å²) < 4.78 is 51.5. The first kappa shape index (κ1) is 29.4. The second-order valence-corrected chi connectivity index (χ2v) is 10.2. The highest BCUT2D eigenvalue weighted by molar-refractivity contribution is 6.46. The number of rotatable bonds is 8. The predicted octanol–water partition coefficient (Wildman–Crippen LogP) is 7.22. The smallest absolute Gasteiger partial charge is 0.416 e. The molecule has 1 fully saturated rings. The Bertz CT molecular complexity index is 1700. The number of likely N-dealkylation sites (tertiary alicyclic amines) is 1. The van der Waals surface area contributed by atoms with Crippen LogP contribution in [0.25, 0.3) is 5.76 Å². The van der Waals surface area contributed by atoms with Crippen molar-refractivity contribution in [3.63, 3.8) is 0 Å². The van der Waals surface area contributed by atoms with E-state index in [1.54, 1.807) is 49.4 Å². The molecule has 1 aliphatic rings. The first-order valence-electron chi connectivity index (χ1n) is 13.4. The summed E-state index contributed by atoms with van der Waals surface area (Å²) in [5.74, 6) is -1.27. The molecule has 6 nitrogen and oxygen atoms in total. The monoisotopic (exact) mass is 587 g/mol. The van der Waals surface area contributed by atoms with Crippen LogP contribution in [0.1, 0.15) is 39.4 Å². The third kappa shape index (κ3) is 6.25. The average Bonchev–Trinajstić information content (AvgIpc) is 3.25. The number of aliphatic hydroxyl groups excluding tert-OH is 1. The maximum atomic E-state index is 13.5. The zero-order valence-corrected chi connectivity index (χ0v) is 23.4. The van der Waals surface area contributed by atoms with E-state index < -0.39 is 35.2 Å². The molecule has 4 aromatic rings. The van der Waals surface area contributed by atoms with Gasteiger partial charge in [0.05, 0.1) is 24.3 Å². The van der Waals surface area contributed by atoms with Crippen LogP contribution in [0.3, 0.4) is 0 Å². The van der Waals surface area contributed by atoms with Crippen molar-refractivity contribution in [2.24, 2.45) is 0 Å². The van der Waals surface area contributed by atoms with Crippen molar-refractivity contribution in [3.05, 3.63) is 136 Å². The van der Waals surface area contributed by atoms with E-state index in [2.05, 4.69) is 0 Å². The van der Waals surface area contributed by atoms with E-state index in [0.29, 0.717) is 29.2 Å². The molecule has 1 amide bonds. The molecule has 1 atom stereocenters. The first-order valence-corrected chi connectivity index (χ1v) is 13.4. The van der Waals surface area contributed by atoms with Crippen LogP contribution in [0.15, 0.2) is 103 Å². The van der Waals surface area contributed by atoms with Crippen molar-refractivity contribution in [1.29, 1.82) is 0 Å². The van der Waals surface area contributed by atoms with E-state index in [1.807, 2.05) is 30.3 Å². The number of carbonyl (C=O) groups excluding carboxylic acids is 2. The summed E-state index contributed by atoms with van der Waals surface area (Å²) >= 11 is 0. The van der Waals surface area contributed by atoms with Gasteiger partial charge in [0.15, 0.2) is 0 Å². The highest BCUT2D eigenvalue weighted by Crippen LogP contribution is 2.42. The normalized spacial score (nSPS) is 16.4. The standard InChI is InChI=1S/C34H28F3NO5/c1-21-16-25(14-15-28(21)43-20-22-8-4-3-5-9-22)31(39)29-30(24-11-7-13-27(18-24)42-2)38(33(41)32(29)40)19-23-10-6-12-26(17-23)34(35,36)37/h3-18,30,39H,19-20H2,1-2H3/b31-29+. The minimum absolute atomic E-state index is 0.178. The number of amides is 1. The fourth-order valence-electron chi connectivity index (χ4n) is 5.09. The van der Waals surface area contributed by atoms with Crippen LogP contribution in [0.4, 0.5) is 13.2 Å². The number of alkyl halides is 3. The van der Waals surface area contributed by atoms with Crippen LogP contribution >= 0.6 is 0 Å². The van der Waals surface area contributed by atoms with Crippen molar-refractivity contribution in [3.8, 4) is 11.5 Å². The average molecular weight is 588 g/mol. The highest BCUT2D eigenvalue weighted by atomic mass is 19.4. The molecule has 9 heteroatoms. The van der Waals surface area contributed by atoms with Gasteiger partial charge in [-0.3, -0.25) is 9.59 Å². The van der Waals surface area contributed by atoms with Crippen LogP contribution in [0, 0.1) is 6.92 Å². The number of halogens is 3. The number of Topliss-reactive ketones (excluding diaryl/α,β-unsaturated/α-hetero) is 1. The Morgan fingerprint density at radius 3 is 2.30 bits per heavy atom. The Labute approximate surface area is 246 Å². The molecular formula is C34H28F3NO5. The second-order valence-electron chi connectivity index (χ2n) is 10.2. The molecule has 0 aliphatic carbocycles. The molecular weight excluding hydrogens is 559 g/mol. The van der Waals surface area contributed by atoms with E-state index in [9.17, 15) is 27.9 Å². The highest BCUT2D eigenvalue weighted by Gasteiger charge is 2.46. The molecule has 1 unspecified atom stereocenters. The summed E-state index contributed by atoms with van der Waals surface area (Å²) in [5, 5.41) is 11.5. The molecule has 0 aromatic heterocycles. The van der Waals surface area contributed by atoms with Gasteiger partial charge in [0.25, 0.3) is 11.7 Å². The molecule has 220 valence electrons. The summed E-state index contributed by atoms with van der Waals surface area (Å²) in [6, 6.07) is 24.7. The summed E-state index contributed by atoms with van der Waals surface area (Å²) in [4.78, 5) is 28.0. The third-order valence-electron chi connectivity index (χ3n) is 7.24. The summed E-state index contributed by atoms with van der Waals surface area (Å²) in [6.45, 7) is 1.84. The fraction of sp³-hybridized carbons (Fsp3) is 0.176. The number of hydrogen-bond donors (Lipinski definition) is 1. The van der Waals surface area contributed by atoms with Gasteiger partial charge < -0.3 is 19.5 Å². The minimum atomic E-state index is -4.58. The van der Waals surface area contributed by atoms with Gasteiger partial charge in [-0.05, 0) is 71.6 Å². The van der Waals surface area contributed by atoms with Gasteiger partial charge in [0.1, 0.15) is 23.9 Å². The van der Waals surface area contributed by atoms with Gasteiger partial charge >= 0.3 is 6.18 Å². The first-order chi connectivity index (χ1) is 20.6.